The minimum Gasteiger partial charge on any atom is -0.479 e. The Morgan fingerprint density at radius 2 is 1.71 bits per heavy atom. The van der Waals surface area contributed by atoms with Gasteiger partial charge in [0.25, 0.3) is 0 Å². The van der Waals surface area contributed by atoms with Crippen molar-refractivity contribution in [1.82, 2.24) is 10.2 Å². The summed E-state index contributed by atoms with van der Waals surface area (Å²) in [5.74, 6) is -1.41. The summed E-state index contributed by atoms with van der Waals surface area (Å²) < 4.78 is 0. The fourth-order valence-corrected chi connectivity index (χ4v) is 1.11. The number of urea groups is 1. The molecule has 0 spiro atoms. The maximum Gasteiger partial charge on any atom is 0.337 e. The van der Waals surface area contributed by atoms with Gasteiger partial charge in [0, 0.05) is 7.05 Å². The van der Waals surface area contributed by atoms with E-state index in [1.54, 1.807) is 13.8 Å². The number of likely N-dealkylation sites (N-methyl/N-ethyl adjacent to an activating group) is 1. The van der Waals surface area contributed by atoms with E-state index in [1.807, 2.05) is 0 Å². The van der Waals surface area contributed by atoms with Crippen molar-refractivity contribution in [3.8, 4) is 0 Å². The van der Waals surface area contributed by atoms with E-state index in [0.717, 1.165) is 6.92 Å². The third-order valence-corrected chi connectivity index (χ3v) is 2.02. The Labute approximate surface area is 100 Å². The Balaban J connectivity index is 4.24. The van der Waals surface area contributed by atoms with Gasteiger partial charge in [-0.05, 0) is 20.8 Å². The number of aliphatic hydroxyl groups is 2. The van der Waals surface area contributed by atoms with Crippen molar-refractivity contribution in [1.29, 1.82) is 0 Å². The van der Waals surface area contributed by atoms with Gasteiger partial charge >= 0.3 is 12.0 Å². The highest BCUT2D eigenvalue weighted by molar-refractivity contribution is 5.79. The predicted molar refractivity (Wildman–Crippen MR) is 60.6 cm³/mol. The van der Waals surface area contributed by atoms with Crippen LogP contribution in [0.3, 0.4) is 0 Å². The van der Waals surface area contributed by atoms with E-state index in [4.69, 9.17) is 5.11 Å². The highest BCUT2D eigenvalue weighted by Gasteiger charge is 2.31. The van der Waals surface area contributed by atoms with Crippen LogP contribution in [0.15, 0.2) is 0 Å². The van der Waals surface area contributed by atoms with E-state index in [2.05, 4.69) is 5.32 Å². The fraction of sp³-hybridized carbons (Fsp3) is 0.800. The smallest absolute Gasteiger partial charge is 0.337 e. The van der Waals surface area contributed by atoms with Gasteiger partial charge in [-0.15, -0.1) is 0 Å². The maximum atomic E-state index is 11.5. The SMILES string of the molecule is CN(CC(C)(C)O)C(=O)NCC(C)(O)C(=O)O. The zero-order valence-electron chi connectivity index (χ0n) is 10.5. The number of hydrogen-bond donors (Lipinski definition) is 4. The molecule has 0 aliphatic carbocycles. The zero-order chi connectivity index (χ0) is 13.9. The number of hydrogen-bond acceptors (Lipinski definition) is 4. The monoisotopic (exact) mass is 248 g/mol. The number of nitrogens with one attached hydrogen (secondary N) is 1. The van der Waals surface area contributed by atoms with Gasteiger partial charge in [-0.25, -0.2) is 9.59 Å². The third-order valence-electron chi connectivity index (χ3n) is 2.02. The first-order valence-corrected chi connectivity index (χ1v) is 5.13. The predicted octanol–water partition coefficient (Wildman–Crippen LogP) is -0.766. The topological polar surface area (TPSA) is 110 Å². The number of carbonyl (C=O) groups excluding carboxylic acids is 1. The largest absolute Gasteiger partial charge is 0.479 e. The fourth-order valence-electron chi connectivity index (χ4n) is 1.11. The molecule has 4 N–H and O–H groups in total. The number of carboxylic acid groups (broad SMARTS) is 1. The van der Waals surface area contributed by atoms with Crippen LogP contribution in [0.4, 0.5) is 4.79 Å². The van der Waals surface area contributed by atoms with E-state index in [0.29, 0.717) is 0 Å². The molecule has 100 valence electrons. The van der Waals surface area contributed by atoms with Crippen LogP contribution in [-0.2, 0) is 4.79 Å². The molecular weight excluding hydrogens is 228 g/mol. The number of aliphatic carboxylic acids is 1. The molecule has 0 saturated heterocycles. The highest BCUT2D eigenvalue weighted by atomic mass is 16.4. The molecule has 0 fully saturated rings. The summed E-state index contributed by atoms with van der Waals surface area (Å²) in [6.07, 6.45) is 0. The van der Waals surface area contributed by atoms with Gasteiger partial charge < -0.3 is 25.5 Å². The Morgan fingerprint density at radius 1 is 1.24 bits per heavy atom. The molecule has 0 saturated carbocycles. The second-order valence-electron chi connectivity index (χ2n) is 4.91. The first-order chi connectivity index (χ1) is 7.46. The van der Waals surface area contributed by atoms with E-state index < -0.39 is 29.7 Å². The molecule has 2 amide bonds. The molecule has 0 heterocycles. The van der Waals surface area contributed by atoms with Crippen LogP contribution >= 0.6 is 0 Å². The molecule has 7 heteroatoms. The van der Waals surface area contributed by atoms with Crippen LogP contribution in [0.25, 0.3) is 0 Å². The molecule has 0 bridgehead atoms. The molecule has 0 aliphatic heterocycles. The highest BCUT2D eigenvalue weighted by Crippen LogP contribution is 2.04. The van der Waals surface area contributed by atoms with Crippen molar-refractivity contribution in [3.05, 3.63) is 0 Å². The number of amides is 2. The van der Waals surface area contributed by atoms with Crippen molar-refractivity contribution < 1.29 is 24.9 Å². The lowest BCUT2D eigenvalue weighted by Gasteiger charge is -2.27. The van der Waals surface area contributed by atoms with Crippen LogP contribution in [0, 0.1) is 0 Å². The molecule has 0 aromatic rings. The Kier molecular flexibility index (Phi) is 4.91. The first-order valence-electron chi connectivity index (χ1n) is 5.13. The second-order valence-corrected chi connectivity index (χ2v) is 4.91. The van der Waals surface area contributed by atoms with Gasteiger partial charge in [0.2, 0.25) is 0 Å². The van der Waals surface area contributed by atoms with E-state index >= 15 is 0 Å². The summed E-state index contributed by atoms with van der Waals surface area (Å²) >= 11 is 0. The number of carbonyl (C=O) groups is 2. The third kappa shape index (κ3) is 6.08. The van der Waals surface area contributed by atoms with Crippen molar-refractivity contribution in [3.63, 3.8) is 0 Å². The minimum atomic E-state index is -2.01. The van der Waals surface area contributed by atoms with Gasteiger partial charge in [-0.1, -0.05) is 0 Å². The van der Waals surface area contributed by atoms with Crippen molar-refractivity contribution >= 4 is 12.0 Å². The number of nitrogens with zero attached hydrogens (tertiary/aromatic N) is 1. The lowest BCUT2D eigenvalue weighted by Crippen LogP contribution is -2.51. The van der Waals surface area contributed by atoms with E-state index in [-0.39, 0.29) is 6.54 Å². The Hall–Kier alpha value is -1.34. The number of carboxylic acids is 1. The van der Waals surface area contributed by atoms with E-state index in [9.17, 15) is 19.8 Å². The summed E-state index contributed by atoms with van der Waals surface area (Å²) in [4.78, 5) is 23.3. The van der Waals surface area contributed by atoms with Gasteiger partial charge in [0.1, 0.15) is 0 Å². The molecule has 0 aliphatic rings. The molecule has 0 aromatic heterocycles. The molecule has 17 heavy (non-hydrogen) atoms. The lowest BCUT2D eigenvalue weighted by atomic mass is 10.1. The van der Waals surface area contributed by atoms with Crippen molar-refractivity contribution in [2.75, 3.05) is 20.1 Å². The first kappa shape index (κ1) is 15.7. The van der Waals surface area contributed by atoms with Crippen LogP contribution in [0.5, 0.6) is 0 Å². The quantitative estimate of drug-likeness (QED) is 0.511. The Bertz CT molecular complexity index is 296. The van der Waals surface area contributed by atoms with Gasteiger partial charge in [0.05, 0.1) is 18.7 Å². The molecule has 0 aromatic carbocycles. The molecule has 1 atom stereocenters. The summed E-state index contributed by atoms with van der Waals surface area (Å²) in [5, 5.41) is 29.8. The van der Waals surface area contributed by atoms with Crippen molar-refractivity contribution in [2.24, 2.45) is 0 Å². The van der Waals surface area contributed by atoms with E-state index in [1.165, 1.54) is 11.9 Å². The van der Waals surface area contributed by atoms with Crippen LogP contribution in [0.2, 0.25) is 0 Å². The van der Waals surface area contributed by atoms with Gasteiger partial charge in [0.15, 0.2) is 5.60 Å². The molecule has 0 radical (unpaired) electrons. The lowest BCUT2D eigenvalue weighted by molar-refractivity contribution is -0.155. The summed E-state index contributed by atoms with van der Waals surface area (Å²) in [5.41, 5.74) is -3.05. The average Bonchev–Trinajstić information content (AvgIpc) is 2.11. The zero-order valence-corrected chi connectivity index (χ0v) is 10.5. The maximum absolute atomic E-state index is 11.5. The summed E-state index contributed by atoms with van der Waals surface area (Å²) in [6.45, 7) is 3.87. The molecule has 0 rings (SSSR count). The second kappa shape index (κ2) is 5.33. The standard InChI is InChI=1S/C10H20N2O5/c1-9(2,16)6-12(4)8(15)11-5-10(3,17)7(13)14/h16-17H,5-6H2,1-4H3,(H,11,15)(H,13,14). The van der Waals surface area contributed by atoms with Crippen molar-refractivity contribution in [2.45, 2.75) is 32.0 Å². The summed E-state index contributed by atoms with van der Waals surface area (Å²) in [7, 11) is 1.46. The van der Waals surface area contributed by atoms with Crippen LogP contribution < -0.4 is 5.32 Å². The Morgan fingerprint density at radius 3 is 2.06 bits per heavy atom. The molecular formula is C10H20N2O5. The average molecular weight is 248 g/mol. The molecule has 7 nitrogen and oxygen atoms in total. The minimum absolute atomic E-state index is 0.0913. The van der Waals surface area contributed by atoms with Crippen LogP contribution in [0.1, 0.15) is 20.8 Å². The van der Waals surface area contributed by atoms with Gasteiger partial charge in [-0.2, -0.15) is 0 Å². The molecule has 1 unspecified atom stereocenters. The van der Waals surface area contributed by atoms with Crippen LogP contribution in [-0.4, -0.2) is 63.6 Å². The summed E-state index contributed by atoms with van der Waals surface area (Å²) in [6, 6.07) is -0.561. The van der Waals surface area contributed by atoms with Gasteiger partial charge in [-0.3, -0.25) is 0 Å². The normalized spacial score (nSPS) is 14.9. The number of rotatable bonds is 5.